The molecule has 0 saturated carbocycles. The van der Waals surface area contributed by atoms with Crippen molar-refractivity contribution in [3.8, 4) is 11.5 Å². The number of ether oxygens (including phenoxy) is 3. The maximum absolute atomic E-state index is 5.19. The van der Waals surface area contributed by atoms with E-state index in [0.29, 0.717) is 6.61 Å². The van der Waals surface area contributed by atoms with Crippen LogP contribution in [0.1, 0.15) is 5.56 Å². The zero-order valence-electron chi connectivity index (χ0n) is 9.32. The normalized spacial score (nSPS) is 10.6. The van der Waals surface area contributed by atoms with Gasteiger partial charge in [0.15, 0.2) is 11.5 Å². The molecular weight excluding hydrogens is 192 g/mol. The fraction of sp³-hybridized carbons (Fsp3) is 0.333. The summed E-state index contributed by atoms with van der Waals surface area (Å²) in [6.45, 7) is 0.606. The van der Waals surface area contributed by atoms with Crippen LogP contribution in [0.25, 0.3) is 6.08 Å². The summed E-state index contributed by atoms with van der Waals surface area (Å²) in [6, 6.07) is 5.77. The van der Waals surface area contributed by atoms with Gasteiger partial charge in [0.05, 0.1) is 20.8 Å². The summed E-state index contributed by atoms with van der Waals surface area (Å²) in [5, 5.41) is 0. The molecule has 3 nitrogen and oxygen atoms in total. The van der Waals surface area contributed by atoms with Gasteiger partial charge in [-0.1, -0.05) is 18.2 Å². The molecule has 0 bridgehead atoms. The molecule has 0 aliphatic carbocycles. The summed E-state index contributed by atoms with van der Waals surface area (Å²) >= 11 is 0. The van der Waals surface area contributed by atoms with Gasteiger partial charge in [-0.2, -0.15) is 0 Å². The number of hydrogen-bond acceptors (Lipinski definition) is 3. The summed E-state index contributed by atoms with van der Waals surface area (Å²) in [7, 11) is 4.91. The monoisotopic (exact) mass is 208 g/mol. The minimum atomic E-state index is 0.606. The maximum atomic E-state index is 5.19. The average Bonchev–Trinajstić information content (AvgIpc) is 2.29. The third-order valence-electron chi connectivity index (χ3n) is 1.98. The van der Waals surface area contributed by atoms with E-state index in [1.165, 1.54) is 0 Å². The molecule has 0 radical (unpaired) electrons. The first-order chi connectivity index (χ1) is 7.31. The number of rotatable bonds is 5. The standard InChI is InChI=1S/C12H16O3/c1-13-8-4-5-10-6-7-11(14-2)12(9-10)15-3/h4-7,9H,8H2,1-3H3/b5-4-. The second-order valence-electron chi connectivity index (χ2n) is 2.97. The molecule has 0 saturated heterocycles. The van der Waals surface area contributed by atoms with Crippen LogP contribution in [-0.4, -0.2) is 27.9 Å². The molecule has 0 unspecified atom stereocenters. The van der Waals surface area contributed by atoms with E-state index < -0.39 is 0 Å². The van der Waals surface area contributed by atoms with Gasteiger partial charge in [-0.25, -0.2) is 0 Å². The molecular formula is C12H16O3. The lowest BCUT2D eigenvalue weighted by atomic mass is 10.2. The van der Waals surface area contributed by atoms with Crippen LogP contribution in [0.4, 0.5) is 0 Å². The fourth-order valence-corrected chi connectivity index (χ4v) is 1.24. The summed E-state index contributed by atoms with van der Waals surface area (Å²) in [4.78, 5) is 0. The molecule has 0 amide bonds. The van der Waals surface area contributed by atoms with Gasteiger partial charge in [0.25, 0.3) is 0 Å². The second-order valence-corrected chi connectivity index (χ2v) is 2.97. The van der Waals surface area contributed by atoms with Gasteiger partial charge in [0.1, 0.15) is 0 Å². The van der Waals surface area contributed by atoms with Crippen molar-refractivity contribution >= 4 is 6.08 Å². The van der Waals surface area contributed by atoms with Crippen LogP contribution in [0, 0.1) is 0 Å². The van der Waals surface area contributed by atoms with E-state index in [0.717, 1.165) is 17.1 Å². The zero-order chi connectivity index (χ0) is 11.1. The van der Waals surface area contributed by atoms with Crippen molar-refractivity contribution in [3.63, 3.8) is 0 Å². The van der Waals surface area contributed by atoms with Gasteiger partial charge >= 0.3 is 0 Å². The minimum absolute atomic E-state index is 0.606. The molecule has 0 aliphatic heterocycles. The first-order valence-corrected chi connectivity index (χ1v) is 4.69. The molecule has 0 N–H and O–H groups in total. The summed E-state index contributed by atoms with van der Waals surface area (Å²) < 4.78 is 15.3. The summed E-state index contributed by atoms with van der Waals surface area (Å²) in [5.74, 6) is 1.47. The molecule has 0 aromatic heterocycles. The molecule has 0 heterocycles. The Balaban J connectivity index is 2.83. The number of methoxy groups -OCH3 is 3. The lowest BCUT2D eigenvalue weighted by molar-refractivity contribution is 0.234. The van der Waals surface area contributed by atoms with E-state index in [4.69, 9.17) is 14.2 Å². The first kappa shape index (κ1) is 11.6. The highest BCUT2D eigenvalue weighted by molar-refractivity contribution is 5.55. The third-order valence-corrected chi connectivity index (χ3v) is 1.98. The van der Waals surface area contributed by atoms with Crippen molar-refractivity contribution in [3.05, 3.63) is 29.8 Å². The van der Waals surface area contributed by atoms with Gasteiger partial charge in [-0.15, -0.1) is 0 Å². The van der Waals surface area contributed by atoms with Crippen molar-refractivity contribution in [1.82, 2.24) is 0 Å². The topological polar surface area (TPSA) is 27.7 Å². The highest BCUT2D eigenvalue weighted by atomic mass is 16.5. The van der Waals surface area contributed by atoms with Crippen LogP contribution in [-0.2, 0) is 4.74 Å². The smallest absolute Gasteiger partial charge is 0.161 e. The molecule has 3 heteroatoms. The van der Waals surface area contributed by atoms with Gasteiger partial charge < -0.3 is 14.2 Å². The minimum Gasteiger partial charge on any atom is -0.493 e. The molecule has 0 fully saturated rings. The molecule has 1 aromatic rings. The van der Waals surface area contributed by atoms with E-state index >= 15 is 0 Å². The molecule has 0 atom stereocenters. The zero-order valence-corrected chi connectivity index (χ0v) is 9.32. The van der Waals surface area contributed by atoms with Crippen molar-refractivity contribution in [1.29, 1.82) is 0 Å². The van der Waals surface area contributed by atoms with Crippen LogP contribution in [0.2, 0.25) is 0 Å². The quantitative estimate of drug-likeness (QED) is 0.743. The summed E-state index contributed by atoms with van der Waals surface area (Å²) in [6.07, 6.45) is 3.92. The fourth-order valence-electron chi connectivity index (χ4n) is 1.24. The molecule has 0 spiro atoms. The van der Waals surface area contributed by atoms with Crippen LogP contribution < -0.4 is 9.47 Å². The highest BCUT2D eigenvalue weighted by Gasteiger charge is 2.01. The second kappa shape index (κ2) is 6.09. The average molecular weight is 208 g/mol. The molecule has 15 heavy (non-hydrogen) atoms. The van der Waals surface area contributed by atoms with E-state index in [1.807, 2.05) is 30.4 Å². The van der Waals surface area contributed by atoms with E-state index in [9.17, 15) is 0 Å². The SMILES string of the molecule is COC/C=C\c1ccc(OC)c(OC)c1. The van der Waals surface area contributed by atoms with E-state index in [1.54, 1.807) is 21.3 Å². The predicted molar refractivity (Wildman–Crippen MR) is 60.5 cm³/mol. The lowest BCUT2D eigenvalue weighted by Crippen LogP contribution is -1.90. The predicted octanol–water partition coefficient (Wildman–Crippen LogP) is 2.36. The van der Waals surface area contributed by atoms with E-state index in [-0.39, 0.29) is 0 Å². The van der Waals surface area contributed by atoms with Crippen molar-refractivity contribution in [2.24, 2.45) is 0 Å². The molecule has 1 rings (SSSR count). The largest absolute Gasteiger partial charge is 0.493 e. The maximum Gasteiger partial charge on any atom is 0.161 e. The Kier molecular flexibility index (Phi) is 4.71. The number of benzene rings is 1. The summed E-state index contributed by atoms with van der Waals surface area (Å²) in [5.41, 5.74) is 1.06. The van der Waals surface area contributed by atoms with Gasteiger partial charge in [0.2, 0.25) is 0 Å². The Bertz CT molecular complexity index is 332. The van der Waals surface area contributed by atoms with Crippen molar-refractivity contribution in [2.75, 3.05) is 27.9 Å². The Hall–Kier alpha value is -1.48. The van der Waals surface area contributed by atoms with Crippen LogP contribution in [0.5, 0.6) is 11.5 Å². The van der Waals surface area contributed by atoms with Crippen LogP contribution in [0.15, 0.2) is 24.3 Å². The number of hydrogen-bond donors (Lipinski definition) is 0. The highest BCUT2D eigenvalue weighted by Crippen LogP contribution is 2.27. The van der Waals surface area contributed by atoms with Crippen molar-refractivity contribution < 1.29 is 14.2 Å². The lowest BCUT2D eigenvalue weighted by Gasteiger charge is -2.07. The van der Waals surface area contributed by atoms with Gasteiger partial charge in [-0.3, -0.25) is 0 Å². The molecule has 1 aromatic carbocycles. The van der Waals surface area contributed by atoms with E-state index in [2.05, 4.69) is 0 Å². The van der Waals surface area contributed by atoms with Crippen LogP contribution in [0.3, 0.4) is 0 Å². The Labute approximate surface area is 90.3 Å². The van der Waals surface area contributed by atoms with Gasteiger partial charge in [0, 0.05) is 7.11 Å². The van der Waals surface area contributed by atoms with Crippen molar-refractivity contribution in [2.45, 2.75) is 0 Å². The van der Waals surface area contributed by atoms with Gasteiger partial charge in [-0.05, 0) is 17.7 Å². The first-order valence-electron chi connectivity index (χ1n) is 4.69. The molecule has 0 aliphatic rings. The van der Waals surface area contributed by atoms with Crippen LogP contribution >= 0.6 is 0 Å². The molecule has 82 valence electrons. The third kappa shape index (κ3) is 3.29. The Morgan fingerprint density at radius 3 is 2.40 bits per heavy atom. The Morgan fingerprint density at radius 1 is 1.07 bits per heavy atom. The Morgan fingerprint density at radius 2 is 1.80 bits per heavy atom.